The summed E-state index contributed by atoms with van der Waals surface area (Å²) in [4.78, 5) is 0. The van der Waals surface area contributed by atoms with Crippen molar-refractivity contribution in [1.82, 2.24) is 5.06 Å². The van der Waals surface area contributed by atoms with Gasteiger partial charge in [-0.25, -0.2) is 4.39 Å². The summed E-state index contributed by atoms with van der Waals surface area (Å²) in [6.07, 6.45) is 0. The first kappa shape index (κ1) is 10.2. The van der Waals surface area contributed by atoms with Crippen molar-refractivity contribution >= 4 is 11.6 Å². The van der Waals surface area contributed by atoms with E-state index in [1.807, 2.05) is 0 Å². The highest BCUT2D eigenvalue weighted by Crippen LogP contribution is 2.26. The number of nitrogens with zero attached hydrogens (tertiary/aromatic N) is 1. The SMILES string of the molecule is CN(O)Cc1cc(Cl)c(O)cc1F. The molecule has 0 unspecified atom stereocenters. The van der Waals surface area contributed by atoms with Crippen molar-refractivity contribution in [2.24, 2.45) is 0 Å². The lowest BCUT2D eigenvalue weighted by Gasteiger charge is -2.09. The Labute approximate surface area is 79.9 Å². The topological polar surface area (TPSA) is 43.7 Å². The Kier molecular flexibility index (Phi) is 3.08. The molecule has 0 radical (unpaired) electrons. The quantitative estimate of drug-likeness (QED) is 0.726. The van der Waals surface area contributed by atoms with Gasteiger partial charge in [0.05, 0.1) is 11.6 Å². The Balaban J connectivity index is 3.01. The Morgan fingerprint density at radius 2 is 2.15 bits per heavy atom. The standard InChI is InChI=1S/C8H9ClFNO2/c1-11(13)4-5-2-6(9)8(12)3-7(5)10/h2-3,12-13H,4H2,1H3. The molecule has 0 aliphatic heterocycles. The van der Waals surface area contributed by atoms with E-state index in [4.69, 9.17) is 21.9 Å². The molecule has 5 heteroatoms. The molecule has 1 aromatic carbocycles. The van der Waals surface area contributed by atoms with E-state index in [-0.39, 0.29) is 22.9 Å². The third kappa shape index (κ3) is 2.55. The Hall–Kier alpha value is -0.840. The first-order chi connectivity index (χ1) is 6.00. The third-order valence-electron chi connectivity index (χ3n) is 1.52. The van der Waals surface area contributed by atoms with Crippen molar-refractivity contribution < 1.29 is 14.7 Å². The summed E-state index contributed by atoms with van der Waals surface area (Å²) in [6, 6.07) is 2.19. The highest BCUT2D eigenvalue weighted by molar-refractivity contribution is 6.32. The van der Waals surface area contributed by atoms with Crippen LogP contribution in [0, 0.1) is 5.82 Å². The van der Waals surface area contributed by atoms with Crippen LogP contribution in [-0.4, -0.2) is 22.4 Å². The van der Waals surface area contributed by atoms with Crippen molar-refractivity contribution in [3.05, 3.63) is 28.5 Å². The minimum Gasteiger partial charge on any atom is -0.506 e. The van der Waals surface area contributed by atoms with Crippen molar-refractivity contribution in [2.45, 2.75) is 6.54 Å². The lowest BCUT2D eigenvalue weighted by atomic mass is 10.2. The lowest BCUT2D eigenvalue weighted by Crippen LogP contribution is -2.12. The van der Waals surface area contributed by atoms with Gasteiger partial charge in [0.15, 0.2) is 0 Å². The lowest BCUT2D eigenvalue weighted by molar-refractivity contribution is -0.0738. The molecule has 3 nitrogen and oxygen atoms in total. The Morgan fingerprint density at radius 3 is 2.69 bits per heavy atom. The minimum atomic E-state index is -0.595. The van der Waals surface area contributed by atoms with Crippen molar-refractivity contribution in [2.75, 3.05) is 7.05 Å². The number of aromatic hydroxyl groups is 1. The van der Waals surface area contributed by atoms with Gasteiger partial charge in [-0.05, 0) is 6.07 Å². The van der Waals surface area contributed by atoms with Crippen molar-refractivity contribution in [3.63, 3.8) is 0 Å². The van der Waals surface area contributed by atoms with Crippen LogP contribution >= 0.6 is 11.6 Å². The van der Waals surface area contributed by atoms with Gasteiger partial charge in [0.25, 0.3) is 0 Å². The van der Waals surface area contributed by atoms with Crippen LogP contribution in [0.4, 0.5) is 4.39 Å². The summed E-state index contributed by atoms with van der Waals surface area (Å²) >= 11 is 5.55. The van der Waals surface area contributed by atoms with E-state index in [1.165, 1.54) is 13.1 Å². The normalized spacial score (nSPS) is 10.8. The summed E-state index contributed by atoms with van der Waals surface area (Å²) < 4.78 is 13.0. The van der Waals surface area contributed by atoms with Crippen LogP contribution in [0.2, 0.25) is 5.02 Å². The van der Waals surface area contributed by atoms with Crippen LogP contribution in [0.25, 0.3) is 0 Å². The van der Waals surface area contributed by atoms with Crippen molar-refractivity contribution in [3.8, 4) is 5.75 Å². The van der Waals surface area contributed by atoms with E-state index in [2.05, 4.69) is 0 Å². The molecule has 72 valence electrons. The predicted molar refractivity (Wildman–Crippen MR) is 46.3 cm³/mol. The summed E-state index contributed by atoms with van der Waals surface area (Å²) in [5.74, 6) is -0.897. The summed E-state index contributed by atoms with van der Waals surface area (Å²) in [5.41, 5.74) is 0.229. The van der Waals surface area contributed by atoms with Crippen LogP contribution in [0.5, 0.6) is 5.75 Å². The fourth-order valence-electron chi connectivity index (χ4n) is 0.945. The third-order valence-corrected chi connectivity index (χ3v) is 1.82. The van der Waals surface area contributed by atoms with Crippen LogP contribution in [0.3, 0.4) is 0 Å². The van der Waals surface area contributed by atoms with E-state index in [9.17, 15) is 4.39 Å². The summed E-state index contributed by atoms with van der Waals surface area (Å²) in [7, 11) is 1.39. The zero-order chi connectivity index (χ0) is 10.0. The highest BCUT2D eigenvalue weighted by Gasteiger charge is 2.08. The van der Waals surface area contributed by atoms with Crippen LogP contribution in [0.1, 0.15) is 5.56 Å². The monoisotopic (exact) mass is 205 g/mol. The van der Waals surface area contributed by atoms with Crippen LogP contribution < -0.4 is 0 Å². The molecule has 0 bridgehead atoms. The smallest absolute Gasteiger partial charge is 0.137 e. The maximum absolute atomic E-state index is 13.0. The second-order valence-electron chi connectivity index (χ2n) is 2.71. The molecule has 1 rings (SSSR count). The molecule has 0 heterocycles. The van der Waals surface area contributed by atoms with E-state index >= 15 is 0 Å². The molecule has 13 heavy (non-hydrogen) atoms. The fraction of sp³-hybridized carbons (Fsp3) is 0.250. The zero-order valence-electron chi connectivity index (χ0n) is 6.96. The molecule has 0 aliphatic carbocycles. The maximum Gasteiger partial charge on any atom is 0.137 e. The van der Waals surface area contributed by atoms with Crippen LogP contribution in [0.15, 0.2) is 12.1 Å². The average molecular weight is 206 g/mol. The van der Waals surface area contributed by atoms with Gasteiger partial charge >= 0.3 is 0 Å². The molecule has 2 N–H and O–H groups in total. The first-order valence-corrected chi connectivity index (χ1v) is 3.95. The van der Waals surface area contributed by atoms with Crippen molar-refractivity contribution in [1.29, 1.82) is 0 Å². The zero-order valence-corrected chi connectivity index (χ0v) is 7.72. The van der Waals surface area contributed by atoms with E-state index < -0.39 is 5.82 Å². The number of rotatable bonds is 2. The largest absolute Gasteiger partial charge is 0.506 e. The molecule has 0 aromatic heterocycles. The van der Waals surface area contributed by atoms with E-state index in [1.54, 1.807) is 0 Å². The summed E-state index contributed by atoms with van der Waals surface area (Å²) in [6.45, 7) is 0.0197. The van der Waals surface area contributed by atoms with Gasteiger partial charge in [-0.15, -0.1) is 0 Å². The molecule has 0 aliphatic rings. The van der Waals surface area contributed by atoms with Gasteiger partial charge in [0.2, 0.25) is 0 Å². The van der Waals surface area contributed by atoms with E-state index in [0.717, 1.165) is 11.1 Å². The molecule has 0 atom stereocenters. The molecular formula is C8H9ClFNO2. The predicted octanol–water partition coefficient (Wildman–Crippen LogP) is 2.01. The van der Waals surface area contributed by atoms with Gasteiger partial charge in [-0.2, -0.15) is 5.06 Å². The average Bonchev–Trinajstić information content (AvgIpc) is 1.99. The van der Waals surface area contributed by atoms with E-state index in [0.29, 0.717) is 0 Å². The number of benzene rings is 1. The molecule has 1 aromatic rings. The number of hydrogen-bond acceptors (Lipinski definition) is 3. The number of halogens is 2. The molecule has 0 saturated heterocycles. The number of hydroxylamine groups is 2. The maximum atomic E-state index is 13.0. The van der Waals surface area contributed by atoms with Gasteiger partial charge < -0.3 is 10.3 Å². The number of phenolic OH excluding ortho intramolecular Hbond substituents is 1. The molecular weight excluding hydrogens is 197 g/mol. The molecule has 0 spiro atoms. The molecule has 0 fully saturated rings. The molecule has 0 saturated carbocycles. The Morgan fingerprint density at radius 1 is 1.54 bits per heavy atom. The van der Waals surface area contributed by atoms with Gasteiger partial charge in [0, 0.05) is 18.7 Å². The van der Waals surface area contributed by atoms with Gasteiger partial charge in [-0.1, -0.05) is 11.6 Å². The number of phenols is 1. The first-order valence-electron chi connectivity index (χ1n) is 3.57. The van der Waals surface area contributed by atoms with Gasteiger partial charge in [-0.3, -0.25) is 0 Å². The highest BCUT2D eigenvalue weighted by atomic mass is 35.5. The van der Waals surface area contributed by atoms with Gasteiger partial charge in [0.1, 0.15) is 11.6 Å². The second-order valence-corrected chi connectivity index (χ2v) is 3.12. The Bertz CT molecular complexity index is 317. The summed E-state index contributed by atoms with van der Waals surface area (Å²) in [5, 5.41) is 18.8. The molecule has 0 amide bonds. The number of hydrogen-bond donors (Lipinski definition) is 2. The fourth-order valence-corrected chi connectivity index (χ4v) is 1.13. The minimum absolute atomic E-state index is 0.0197. The van der Waals surface area contributed by atoms with Crippen LogP contribution in [-0.2, 0) is 6.54 Å². The second kappa shape index (κ2) is 3.91.